The van der Waals surface area contributed by atoms with Gasteiger partial charge in [-0.3, -0.25) is 4.79 Å². The lowest BCUT2D eigenvalue weighted by atomic mass is 10.0. The summed E-state index contributed by atoms with van der Waals surface area (Å²) in [4.78, 5) is 22.7. The number of hydrogen-bond acceptors (Lipinski definition) is 5. The highest BCUT2D eigenvalue weighted by molar-refractivity contribution is 6.22. The fraction of sp³-hybridized carbons (Fsp3) is 0.480. The number of hydrogen-bond donors (Lipinski definition) is 0. The summed E-state index contributed by atoms with van der Waals surface area (Å²) in [5.41, 5.74) is 6.24. The third-order valence-corrected chi connectivity index (χ3v) is 7.30. The fourth-order valence-corrected chi connectivity index (χ4v) is 5.24. The summed E-state index contributed by atoms with van der Waals surface area (Å²) in [6.07, 6.45) is 2.34. The Morgan fingerprint density at radius 1 is 0.688 bits per heavy atom. The topological polar surface area (TPSA) is 30.0 Å². The van der Waals surface area contributed by atoms with Crippen LogP contribution in [-0.4, -0.2) is 82.0 Å². The van der Waals surface area contributed by atoms with Gasteiger partial charge in [0.2, 0.25) is 0 Å². The van der Waals surface area contributed by atoms with Crippen LogP contribution in [0.5, 0.6) is 0 Å². The molecule has 2 fully saturated rings. The summed E-state index contributed by atoms with van der Waals surface area (Å²) in [6.45, 7) is 4.15. The Kier molecular flexibility index (Phi) is 7.45. The first kappa shape index (κ1) is 24.8. The molecule has 2 heterocycles. The molecule has 1 aliphatic carbocycles. The second-order valence-corrected chi connectivity index (χ2v) is 9.49. The molecule has 2 aliphatic heterocycles. The number of nitrogens with zero attached hydrogens (tertiary/aromatic N) is 4. The molecule has 2 saturated heterocycles. The Balaban J connectivity index is 0.00000144. The van der Waals surface area contributed by atoms with Crippen molar-refractivity contribution in [3.8, 4) is 11.1 Å². The summed E-state index contributed by atoms with van der Waals surface area (Å²) in [5.74, 6) is 0.176. The molecule has 5 rings (SSSR count). The molecule has 5 nitrogen and oxygen atoms in total. The normalized spacial score (nSPS) is 21.6. The van der Waals surface area contributed by atoms with E-state index in [4.69, 9.17) is 0 Å². The minimum atomic E-state index is 0. The van der Waals surface area contributed by atoms with Crippen LogP contribution in [-0.2, 0) is 0 Å². The summed E-state index contributed by atoms with van der Waals surface area (Å²) < 4.78 is 0. The molecule has 174 valence electrons. The van der Waals surface area contributed by atoms with Gasteiger partial charge in [-0.05, 0) is 76.4 Å². The van der Waals surface area contributed by atoms with E-state index in [0.717, 1.165) is 48.4 Å². The van der Waals surface area contributed by atoms with Crippen LogP contribution in [0.4, 0.5) is 11.4 Å². The number of carbonyl (C=O) groups excluding carboxylic acids is 1. The van der Waals surface area contributed by atoms with Crippen molar-refractivity contribution in [3.05, 3.63) is 47.5 Å². The highest BCUT2D eigenvalue weighted by Crippen LogP contribution is 2.41. The van der Waals surface area contributed by atoms with Crippen molar-refractivity contribution < 1.29 is 4.79 Å². The molecule has 7 heteroatoms. The van der Waals surface area contributed by atoms with Crippen molar-refractivity contribution in [1.29, 1.82) is 0 Å². The SMILES string of the molecule is CN(C)[C@H]1CCN(c2ccc3c(c2)C(=O)c2cc(N4CC[C@H](N(C)C)C4)ccc2-3)C1.Cl.Cl. The zero-order valence-electron chi connectivity index (χ0n) is 19.4. The summed E-state index contributed by atoms with van der Waals surface area (Å²) in [7, 11) is 8.59. The van der Waals surface area contributed by atoms with E-state index >= 15 is 0 Å². The quantitative estimate of drug-likeness (QED) is 0.567. The van der Waals surface area contributed by atoms with Gasteiger partial charge in [-0.2, -0.15) is 0 Å². The van der Waals surface area contributed by atoms with Crippen molar-refractivity contribution in [2.75, 3.05) is 64.2 Å². The van der Waals surface area contributed by atoms with Gasteiger partial charge in [0.15, 0.2) is 5.78 Å². The van der Waals surface area contributed by atoms with Crippen molar-refractivity contribution >= 4 is 42.0 Å². The zero-order chi connectivity index (χ0) is 21.0. The van der Waals surface area contributed by atoms with Crippen LogP contribution in [0.1, 0.15) is 28.8 Å². The molecule has 0 amide bonds. The number of carbonyl (C=O) groups is 1. The maximum Gasteiger partial charge on any atom is 0.194 e. The van der Waals surface area contributed by atoms with Gasteiger partial charge in [-0.1, -0.05) is 12.1 Å². The van der Waals surface area contributed by atoms with E-state index in [1.807, 2.05) is 0 Å². The highest BCUT2D eigenvalue weighted by Gasteiger charge is 2.31. The van der Waals surface area contributed by atoms with Crippen LogP contribution in [0.3, 0.4) is 0 Å². The Morgan fingerprint density at radius 3 is 1.44 bits per heavy atom. The van der Waals surface area contributed by atoms with Gasteiger partial charge < -0.3 is 19.6 Å². The molecular weight excluding hydrogens is 443 g/mol. The number of halogens is 2. The first-order valence-corrected chi connectivity index (χ1v) is 11.1. The van der Waals surface area contributed by atoms with Gasteiger partial charge in [0.25, 0.3) is 0 Å². The molecule has 32 heavy (non-hydrogen) atoms. The van der Waals surface area contributed by atoms with Crippen molar-refractivity contribution in [1.82, 2.24) is 9.80 Å². The molecule has 0 radical (unpaired) electrons. The lowest BCUT2D eigenvalue weighted by molar-refractivity contribution is 0.104. The Hall–Kier alpha value is -1.79. The number of anilines is 2. The molecule has 2 aromatic rings. The van der Waals surface area contributed by atoms with Crippen LogP contribution in [0.2, 0.25) is 0 Å². The molecule has 0 unspecified atom stereocenters. The van der Waals surface area contributed by atoms with E-state index < -0.39 is 0 Å². The number of likely N-dealkylation sites (N-methyl/N-ethyl adjacent to an activating group) is 2. The maximum atomic E-state index is 13.3. The summed E-state index contributed by atoms with van der Waals surface area (Å²) >= 11 is 0. The number of rotatable bonds is 4. The van der Waals surface area contributed by atoms with Gasteiger partial charge in [0, 0.05) is 60.8 Å². The third-order valence-electron chi connectivity index (χ3n) is 7.30. The highest BCUT2D eigenvalue weighted by atomic mass is 35.5. The Labute approximate surface area is 204 Å². The second kappa shape index (κ2) is 9.60. The lowest BCUT2D eigenvalue weighted by Gasteiger charge is -2.22. The minimum Gasteiger partial charge on any atom is -0.370 e. The molecule has 0 bridgehead atoms. The average molecular weight is 477 g/mol. The molecule has 0 N–H and O–H groups in total. The van der Waals surface area contributed by atoms with E-state index in [9.17, 15) is 4.79 Å². The fourth-order valence-electron chi connectivity index (χ4n) is 5.24. The summed E-state index contributed by atoms with van der Waals surface area (Å²) in [5, 5.41) is 0. The number of ketones is 1. The molecular formula is C25H34Cl2N4O. The number of benzene rings is 2. The Morgan fingerprint density at radius 2 is 1.09 bits per heavy atom. The van der Waals surface area contributed by atoms with Gasteiger partial charge in [0.1, 0.15) is 0 Å². The smallest absolute Gasteiger partial charge is 0.194 e. The predicted octanol–water partition coefficient (Wildman–Crippen LogP) is 4.02. The van der Waals surface area contributed by atoms with Crippen LogP contribution in [0.25, 0.3) is 11.1 Å². The van der Waals surface area contributed by atoms with Crippen molar-refractivity contribution in [2.24, 2.45) is 0 Å². The van der Waals surface area contributed by atoms with Crippen LogP contribution in [0.15, 0.2) is 36.4 Å². The Bertz CT molecular complexity index is 916. The van der Waals surface area contributed by atoms with Gasteiger partial charge in [0.05, 0.1) is 0 Å². The van der Waals surface area contributed by atoms with Crippen LogP contribution in [0, 0.1) is 0 Å². The van der Waals surface area contributed by atoms with Gasteiger partial charge in [-0.25, -0.2) is 0 Å². The average Bonchev–Trinajstić information content (AvgIpc) is 3.47. The second-order valence-electron chi connectivity index (χ2n) is 9.49. The molecule has 2 atom stereocenters. The predicted molar refractivity (Wildman–Crippen MR) is 138 cm³/mol. The van der Waals surface area contributed by atoms with Gasteiger partial charge >= 0.3 is 0 Å². The molecule has 0 aromatic heterocycles. The minimum absolute atomic E-state index is 0. The molecule has 3 aliphatic rings. The van der Waals surface area contributed by atoms with Crippen LogP contribution >= 0.6 is 24.8 Å². The van der Waals surface area contributed by atoms with Crippen molar-refractivity contribution in [3.63, 3.8) is 0 Å². The standard InChI is InChI=1S/C25H32N4O.2ClH/c1-26(2)19-9-11-28(15-19)17-5-7-21-22-8-6-18(14-24(22)25(30)23(21)13-17)29-12-10-20(16-29)27(3)4;;/h5-8,13-14,19-20H,9-12,15-16H2,1-4H3;2*1H/t19-,20-;;/m0../s1. The zero-order valence-corrected chi connectivity index (χ0v) is 21.0. The van der Waals surface area contributed by atoms with E-state index in [-0.39, 0.29) is 30.6 Å². The van der Waals surface area contributed by atoms with E-state index in [0.29, 0.717) is 12.1 Å². The largest absolute Gasteiger partial charge is 0.370 e. The van der Waals surface area contributed by atoms with E-state index in [1.165, 1.54) is 24.2 Å². The molecule has 0 saturated carbocycles. The molecule has 2 aromatic carbocycles. The summed E-state index contributed by atoms with van der Waals surface area (Å²) in [6, 6.07) is 14.1. The monoisotopic (exact) mass is 476 g/mol. The van der Waals surface area contributed by atoms with Gasteiger partial charge in [-0.15, -0.1) is 24.8 Å². The third kappa shape index (κ3) is 4.24. The van der Waals surface area contributed by atoms with E-state index in [2.05, 4.69) is 84.2 Å². The lowest BCUT2D eigenvalue weighted by Crippen LogP contribution is -2.31. The van der Waals surface area contributed by atoms with E-state index in [1.54, 1.807) is 0 Å². The maximum absolute atomic E-state index is 13.3. The molecule has 0 spiro atoms. The first-order chi connectivity index (χ1) is 14.4. The van der Waals surface area contributed by atoms with Crippen LogP contribution < -0.4 is 9.80 Å². The number of fused-ring (bicyclic) bond motifs is 3. The first-order valence-electron chi connectivity index (χ1n) is 11.1. The van der Waals surface area contributed by atoms with Crippen molar-refractivity contribution in [2.45, 2.75) is 24.9 Å².